The molecular formula is C23H29FN4O4. The Balaban J connectivity index is 0.00000289. The number of rotatable bonds is 6. The minimum atomic E-state index is -0.726. The molecule has 3 rings (SSSR count). The molecule has 2 aromatic carbocycles. The molecule has 0 bridgehead atoms. The average Bonchev–Trinajstić information content (AvgIpc) is 3.06. The van der Waals surface area contributed by atoms with Gasteiger partial charge in [0.15, 0.2) is 0 Å². The lowest BCUT2D eigenvalue weighted by atomic mass is 9.99. The van der Waals surface area contributed by atoms with E-state index in [1.807, 2.05) is 13.8 Å². The Kier molecular flexibility index (Phi) is 6.47. The van der Waals surface area contributed by atoms with E-state index in [0.29, 0.717) is 17.9 Å². The van der Waals surface area contributed by atoms with Crippen molar-refractivity contribution in [3.8, 4) is 17.2 Å². The van der Waals surface area contributed by atoms with Crippen molar-refractivity contribution >= 4 is 17.6 Å². The van der Waals surface area contributed by atoms with Crippen LogP contribution in [0.3, 0.4) is 0 Å². The zero-order chi connectivity index (χ0) is 23.5. The Morgan fingerprint density at radius 2 is 2.03 bits per heavy atom. The van der Waals surface area contributed by atoms with Gasteiger partial charge in [-0.3, -0.25) is 9.59 Å². The first-order valence-corrected chi connectivity index (χ1v) is 9.91. The number of halogens is 1. The molecule has 8 nitrogen and oxygen atoms in total. The van der Waals surface area contributed by atoms with E-state index in [2.05, 4.69) is 15.6 Å². The van der Waals surface area contributed by atoms with E-state index in [9.17, 15) is 14.0 Å². The van der Waals surface area contributed by atoms with Crippen molar-refractivity contribution in [2.24, 2.45) is 10.7 Å². The van der Waals surface area contributed by atoms with Crippen LogP contribution in [-0.2, 0) is 6.42 Å². The number of benzene rings is 2. The minimum Gasteiger partial charge on any atom is -0.487 e. The summed E-state index contributed by atoms with van der Waals surface area (Å²) in [5.74, 6) is -0.824. The van der Waals surface area contributed by atoms with Crippen LogP contribution in [0.4, 0.5) is 4.39 Å². The highest BCUT2D eigenvalue weighted by Crippen LogP contribution is 2.43. The van der Waals surface area contributed by atoms with Crippen LogP contribution in [0.1, 0.15) is 43.0 Å². The molecule has 0 aromatic heterocycles. The summed E-state index contributed by atoms with van der Waals surface area (Å²) in [5, 5.41) is 5.14. The third-order valence-corrected chi connectivity index (χ3v) is 4.70. The summed E-state index contributed by atoms with van der Waals surface area (Å²) >= 11 is 0. The monoisotopic (exact) mass is 444 g/mol. The van der Waals surface area contributed by atoms with Gasteiger partial charge in [0.05, 0.1) is 5.56 Å². The van der Waals surface area contributed by atoms with Crippen molar-refractivity contribution in [1.29, 1.82) is 0 Å². The largest absolute Gasteiger partial charge is 0.487 e. The summed E-state index contributed by atoms with van der Waals surface area (Å²) in [6.07, 6.45) is 3.53. The molecule has 0 radical (unpaired) electrons. The maximum absolute atomic E-state index is 14.4. The van der Waals surface area contributed by atoms with Gasteiger partial charge in [0.2, 0.25) is 0 Å². The normalized spacial score (nSPS) is 14.6. The molecule has 0 aliphatic carbocycles. The number of nitrogens with two attached hydrogens (primary N) is 1. The van der Waals surface area contributed by atoms with Crippen molar-refractivity contribution < 1.29 is 26.3 Å². The van der Waals surface area contributed by atoms with E-state index in [1.54, 1.807) is 19.3 Å². The van der Waals surface area contributed by atoms with E-state index in [-0.39, 0.29) is 25.6 Å². The molecule has 0 saturated heterocycles. The number of aliphatic imine (C=N–C) groups is 1. The molecule has 0 atom stereocenters. The van der Waals surface area contributed by atoms with Crippen LogP contribution in [0.2, 0.25) is 0 Å². The summed E-state index contributed by atoms with van der Waals surface area (Å²) in [7, 11) is 3.11. The first-order valence-electron chi connectivity index (χ1n) is 9.91. The maximum Gasteiger partial charge on any atom is 0.279 e. The zero-order valence-electron chi connectivity index (χ0n) is 18.3. The lowest BCUT2D eigenvalue weighted by Gasteiger charge is -2.16. The molecule has 9 heteroatoms. The number of carbonyl (C=O) groups excluding carboxylic acids is 2. The molecule has 1 aliphatic heterocycles. The number of hydrogen-bond acceptors (Lipinski definition) is 5. The summed E-state index contributed by atoms with van der Waals surface area (Å²) in [5.41, 5.74) is 6.10. The fourth-order valence-corrected chi connectivity index (χ4v) is 3.25. The third kappa shape index (κ3) is 5.05. The Hall–Kier alpha value is -3.88. The number of amidine groups is 1. The predicted molar refractivity (Wildman–Crippen MR) is 123 cm³/mol. The van der Waals surface area contributed by atoms with Gasteiger partial charge in [0.1, 0.15) is 34.5 Å². The second-order valence-electron chi connectivity index (χ2n) is 7.78. The van der Waals surface area contributed by atoms with Gasteiger partial charge in [-0.25, -0.2) is 4.39 Å². The number of fused-ring (bicyclic) bond motifs is 1. The number of amides is 2. The highest BCUT2D eigenvalue weighted by molar-refractivity contribution is 6.06. The van der Waals surface area contributed by atoms with E-state index in [4.69, 9.17) is 15.2 Å². The smallest absolute Gasteiger partial charge is 0.279 e. The van der Waals surface area contributed by atoms with Crippen LogP contribution >= 0.6 is 0 Å². The number of nitrogens with one attached hydrogen (secondary N) is 2. The first-order chi connectivity index (χ1) is 15.1. The Morgan fingerprint density at radius 1 is 1.28 bits per heavy atom. The van der Waals surface area contributed by atoms with E-state index >= 15 is 0 Å². The standard InChI is InChI=1S/C23H25FN4O4.2H2/c1-23(2)12-16-18(31-14-5-6-15(17(24)11-14)22(30)27-4)9-13(10-19(16)32-23)21(29)28-20(25)7-8-26-3;;/h5-11,26H,12H2,1-4H3,(H,27,30)(H2,25,28,29);2*1H/b8-7-;;. The van der Waals surface area contributed by atoms with Crippen LogP contribution in [0.15, 0.2) is 47.6 Å². The number of hydrogen-bond donors (Lipinski definition) is 3. The molecule has 1 heterocycles. The maximum atomic E-state index is 14.4. The fourth-order valence-electron chi connectivity index (χ4n) is 3.25. The first kappa shape index (κ1) is 22.8. The van der Waals surface area contributed by atoms with Gasteiger partial charge in [-0.2, -0.15) is 4.99 Å². The van der Waals surface area contributed by atoms with Crippen LogP contribution in [0.5, 0.6) is 17.2 Å². The van der Waals surface area contributed by atoms with Crippen LogP contribution in [0.25, 0.3) is 0 Å². The fraction of sp³-hybridized carbons (Fsp3) is 0.261. The summed E-state index contributed by atoms with van der Waals surface area (Å²) < 4.78 is 26.3. The van der Waals surface area contributed by atoms with Crippen molar-refractivity contribution in [2.45, 2.75) is 25.9 Å². The highest BCUT2D eigenvalue weighted by atomic mass is 19.1. The van der Waals surface area contributed by atoms with Gasteiger partial charge in [0.25, 0.3) is 11.8 Å². The van der Waals surface area contributed by atoms with Gasteiger partial charge in [-0.15, -0.1) is 0 Å². The van der Waals surface area contributed by atoms with Crippen molar-refractivity contribution in [1.82, 2.24) is 10.6 Å². The molecule has 2 amide bonds. The number of carbonyl (C=O) groups is 2. The van der Waals surface area contributed by atoms with Crippen molar-refractivity contribution in [2.75, 3.05) is 14.1 Å². The van der Waals surface area contributed by atoms with Crippen molar-refractivity contribution in [3.63, 3.8) is 0 Å². The van der Waals surface area contributed by atoms with Gasteiger partial charge in [0, 0.05) is 40.6 Å². The van der Waals surface area contributed by atoms with Crippen LogP contribution < -0.4 is 25.8 Å². The Bertz CT molecular complexity index is 1140. The summed E-state index contributed by atoms with van der Waals surface area (Å²) in [4.78, 5) is 28.2. The number of ether oxygens (including phenoxy) is 2. The van der Waals surface area contributed by atoms with Gasteiger partial charge < -0.3 is 25.8 Å². The summed E-state index contributed by atoms with van der Waals surface area (Å²) in [6.45, 7) is 3.82. The molecule has 2 aromatic rings. The van der Waals surface area contributed by atoms with Gasteiger partial charge in [-0.1, -0.05) is 0 Å². The number of nitrogens with zero attached hydrogens (tertiary/aromatic N) is 1. The highest BCUT2D eigenvalue weighted by Gasteiger charge is 2.34. The quantitative estimate of drug-likeness (QED) is 0.465. The molecule has 4 N–H and O–H groups in total. The predicted octanol–water partition coefficient (Wildman–Crippen LogP) is 3.41. The molecular weight excluding hydrogens is 415 g/mol. The Morgan fingerprint density at radius 3 is 2.69 bits per heavy atom. The topological polar surface area (TPSA) is 115 Å². The van der Waals surface area contributed by atoms with Gasteiger partial charge >= 0.3 is 0 Å². The molecule has 0 saturated carbocycles. The third-order valence-electron chi connectivity index (χ3n) is 4.70. The SMILES string of the molecule is CN/C=C\C(N)=NC(=O)c1cc(Oc2ccc(C(=O)NC)c(F)c2)c2c(c1)OC(C)(C)C2.[HH].[HH]. The minimum absolute atomic E-state index is 0. The molecule has 1 aliphatic rings. The van der Waals surface area contributed by atoms with Gasteiger partial charge in [-0.05, 0) is 50.4 Å². The lowest BCUT2D eigenvalue weighted by Crippen LogP contribution is -2.24. The van der Waals surface area contributed by atoms with Crippen LogP contribution in [-0.4, -0.2) is 37.3 Å². The average molecular weight is 445 g/mol. The molecule has 172 valence electrons. The van der Waals surface area contributed by atoms with E-state index in [0.717, 1.165) is 11.6 Å². The Labute approximate surface area is 188 Å². The molecule has 0 fully saturated rings. The molecule has 0 spiro atoms. The second-order valence-corrected chi connectivity index (χ2v) is 7.78. The molecule has 32 heavy (non-hydrogen) atoms. The second kappa shape index (κ2) is 9.09. The summed E-state index contributed by atoms with van der Waals surface area (Å²) in [6, 6.07) is 7.04. The van der Waals surface area contributed by atoms with E-state index in [1.165, 1.54) is 31.3 Å². The lowest BCUT2D eigenvalue weighted by molar-refractivity contribution is 0.0957. The van der Waals surface area contributed by atoms with E-state index < -0.39 is 23.2 Å². The van der Waals surface area contributed by atoms with Crippen molar-refractivity contribution in [3.05, 3.63) is 65.1 Å². The van der Waals surface area contributed by atoms with Crippen LogP contribution in [0, 0.1) is 5.82 Å². The molecule has 0 unspecified atom stereocenters. The zero-order valence-corrected chi connectivity index (χ0v) is 18.3.